The summed E-state index contributed by atoms with van der Waals surface area (Å²) in [5, 5.41) is 1.46. The van der Waals surface area contributed by atoms with E-state index in [9.17, 15) is 4.79 Å². The third-order valence-corrected chi connectivity index (χ3v) is 2.29. The summed E-state index contributed by atoms with van der Waals surface area (Å²) in [6.07, 6.45) is 5.26. The Bertz CT molecular complexity index is 610. The number of aromatic nitrogens is 1. The highest BCUT2D eigenvalue weighted by Crippen LogP contribution is 2.12. The zero-order valence-electron chi connectivity index (χ0n) is 8.49. The monoisotopic (exact) mass is 234 g/mol. The molecule has 0 spiro atoms. The predicted octanol–water partition coefficient (Wildman–Crippen LogP) is 1.39. The fraction of sp³-hybridized carbons (Fsp3) is 0.0833. The minimum absolute atomic E-state index is 0. The minimum atomic E-state index is -0.148. The first-order valence-electron chi connectivity index (χ1n) is 4.57. The van der Waals surface area contributed by atoms with Gasteiger partial charge in [-0.2, -0.15) is 0 Å². The molecule has 2 rings (SSSR count). The van der Waals surface area contributed by atoms with E-state index in [0.29, 0.717) is 17.5 Å². The Kier molecular flexibility index (Phi) is 3.73. The molecule has 0 unspecified atom stereocenters. The molecule has 0 bridgehead atoms. The molecule has 1 aromatic heterocycles. The minimum Gasteiger partial charge on any atom is -0.325 e. The first kappa shape index (κ1) is 12.3. The first-order chi connectivity index (χ1) is 7.24. The number of aromatic amines is 1. The van der Waals surface area contributed by atoms with Crippen LogP contribution in [0, 0.1) is 12.3 Å². The molecule has 0 atom stereocenters. The average Bonchev–Trinajstić information content (AvgIpc) is 2.28. The zero-order chi connectivity index (χ0) is 10.8. The second-order valence-electron chi connectivity index (χ2n) is 3.27. The molecule has 3 nitrogen and oxygen atoms in total. The van der Waals surface area contributed by atoms with Crippen LogP contribution in [0.25, 0.3) is 10.8 Å². The molecule has 1 heterocycles. The Morgan fingerprint density at radius 2 is 2.12 bits per heavy atom. The van der Waals surface area contributed by atoms with Gasteiger partial charge in [-0.05, 0) is 23.6 Å². The number of hydrogen-bond acceptors (Lipinski definition) is 2. The molecular formula is C12H11ClN2O. The van der Waals surface area contributed by atoms with E-state index in [1.807, 2.05) is 18.2 Å². The molecule has 3 N–H and O–H groups in total. The van der Waals surface area contributed by atoms with Gasteiger partial charge in [-0.15, -0.1) is 18.8 Å². The van der Waals surface area contributed by atoms with Crippen molar-refractivity contribution in [3.63, 3.8) is 0 Å². The van der Waals surface area contributed by atoms with Gasteiger partial charge in [0.2, 0.25) is 0 Å². The lowest BCUT2D eigenvalue weighted by Crippen LogP contribution is -2.11. The van der Waals surface area contributed by atoms with Crippen LogP contribution in [0.2, 0.25) is 0 Å². The van der Waals surface area contributed by atoms with E-state index >= 15 is 0 Å². The molecule has 82 valence electrons. The van der Waals surface area contributed by atoms with E-state index in [1.165, 1.54) is 0 Å². The molecule has 0 radical (unpaired) electrons. The molecule has 0 amide bonds. The average molecular weight is 235 g/mol. The molecule has 0 aliphatic rings. The topological polar surface area (TPSA) is 58.9 Å². The van der Waals surface area contributed by atoms with Crippen molar-refractivity contribution in [2.75, 3.05) is 0 Å². The second-order valence-corrected chi connectivity index (χ2v) is 3.27. The summed E-state index contributed by atoms with van der Waals surface area (Å²) in [6.45, 7) is 0.321. The number of fused-ring (bicyclic) bond motifs is 1. The maximum absolute atomic E-state index is 11.6. The summed E-state index contributed by atoms with van der Waals surface area (Å²) in [5.41, 5.74) is 6.74. The first-order valence-corrected chi connectivity index (χ1v) is 4.57. The molecule has 0 aliphatic carbocycles. The van der Waals surface area contributed by atoms with E-state index < -0.39 is 0 Å². The number of rotatable bonds is 1. The number of halogens is 1. The highest BCUT2D eigenvalue weighted by molar-refractivity contribution is 5.85. The molecular weight excluding hydrogens is 224 g/mol. The smallest absolute Gasteiger partial charge is 0.256 e. The van der Waals surface area contributed by atoms with Crippen LogP contribution in [-0.2, 0) is 6.54 Å². The second kappa shape index (κ2) is 4.84. The maximum atomic E-state index is 11.6. The van der Waals surface area contributed by atoms with Crippen LogP contribution in [0.15, 0.2) is 29.1 Å². The fourth-order valence-electron chi connectivity index (χ4n) is 1.52. The van der Waals surface area contributed by atoms with E-state index in [2.05, 4.69) is 10.9 Å². The van der Waals surface area contributed by atoms with Crippen molar-refractivity contribution in [1.82, 2.24) is 4.98 Å². The number of hydrogen-bond donors (Lipinski definition) is 2. The Hall–Kier alpha value is -1.76. The standard InChI is InChI=1S/C12H10N2O.ClH/c1-2-8-3-4-9-6-10(7-13)14-12(15)11(9)5-8;/h1,3-6H,7,13H2,(H,14,15);1H. The van der Waals surface area contributed by atoms with Crippen LogP contribution < -0.4 is 11.3 Å². The summed E-state index contributed by atoms with van der Waals surface area (Å²) >= 11 is 0. The van der Waals surface area contributed by atoms with Gasteiger partial charge in [0.05, 0.1) is 0 Å². The lowest BCUT2D eigenvalue weighted by Gasteiger charge is -2.01. The summed E-state index contributed by atoms with van der Waals surface area (Å²) < 4.78 is 0. The lowest BCUT2D eigenvalue weighted by atomic mass is 10.1. The SMILES string of the molecule is C#Cc1ccc2cc(CN)[nH]c(=O)c2c1.Cl. The van der Waals surface area contributed by atoms with Gasteiger partial charge in [0.25, 0.3) is 5.56 Å². The van der Waals surface area contributed by atoms with Crippen molar-refractivity contribution in [3.05, 3.63) is 45.9 Å². The van der Waals surface area contributed by atoms with Crippen LogP contribution in [-0.4, -0.2) is 4.98 Å². The Morgan fingerprint density at radius 1 is 1.38 bits per heavy atom. The van der Waals surface area contributed by atoms with Gasteiger partial charge in [-0.1, -0.05) is 12.0 Å². The van der Waals surface area contributed by atoms with Crippen molar-refractivity contribution in [1.29, 1.82) is 0 Å². The van der Waals surface area contributed by atoms with Crippen LogP contribution in [0.5, 0.6) is 0 Å². The highest BCUT2D eigenvalue weighted by atomic mass is 35.5. The lowest BCUT2D eigenvalue weighted by molar-refractivity contribution is 0.983. The molecule has 0 aliphatic heterocycles. The van der Waals surface area contributed by atoms with Crippen LogP contribution >= 0.6 is 12.4 Å². The zero-order valence-corrected chi connectivity index (χ0v) is 9.30. The Balaban J connectivity index is 0.00000128. The van der Waals surface area contributed by atoms with Gasteiger partial charge >= 0.3 is 0 Å². The number of nitrogens with one attached hydrogen (secondary N) is 1. The summed E-state index contributed by atoms with van der Waals surface area (Å²) in [5.74, 6) is 2.50. The molecule has 1 aromatic carbocycles. The quantitative estimate of drug-likeness (QED) is 0.733. The molecule has 0 saturated heterocycles. The third-order valence-electron chi connectivity index (χ3n) is 2.29. The molecule has 4 heteroatoms. The number of nitrogens with two attached hydrogens (primary N) is 1. The number of H-pyrrole nitrogens is 1. The van der Waals surface area contributed by atoms with E-state index in [0.717, 1.165) is 11.1 Å². The summed E-state index contributed by atoms with van der Waals surface area (Å²) in [6, 6.07) is 7.20. The fourth-order valence-corrected chi connectivity index (χ4v) is 1.52. The predicted molar refractivity (Wildman–Crippen MR) is 67.6 cm³/mol. The van der Waals surface area contributed by atoms with Gasteiger partial charge in [0, 0.05) is 23.2 Å². The van der Waals surface area contributed by atoms with Gasteiger partial charge in [-0.25, -0.2) is 0 Å². The molecule has 16 heavy (non-hydrogen) atoms. The van der Waals surface area contributed by atoms with Crippen molar-refractivity contribution in [3.8, 4) is 12.3 Å². The van der Waals surface area contributed by atoms with E-state index in [4.69, 9.17) is 12.2 Å². The number of benzene rings is 1. The number of pyridine rings is 1. The van der Waals surface area contributed by atoms with Gasteiger partial charge in [-0.3, -0.25) is 4.79 Å². The highest BCUT2D eigenvalue weighted by Gasteiger charge is 2.01. The Labute approximate surface area is 99.1 Å². The van der Waals surface area contributed by atoms with Crippen LogP contribution in [0.4, 0.5) is 0 Å². The van der Waals surface area contributed by atoms with E-state index in [-0.39, 0.29) is 18.0 Å². The summed E-state index contributed by atoms with van der Waals surface area (Å²) in [4.78, 5) is 14.3. The maximum Gasteiger partial charge on any atom is 0.256 e. The van der Waals surface area contributed by atoms with Gasteiger partial charge in [0.15, 0.2) is 0 Å². The molecule has 2 aromatic rings. The van der Waals surface area contributed by atoms with Crippen molar-refractivity contribution >= 4 is 23.2 Å². The third kappa shape index (κ3) is 2.08. The molecule has 0 fully saturated rings. The van der Waals surface area contributed by atoms with E-state index in [1.54, 1.807) is 6.07 Å². The summed E-state index contributed by atoms with van der Waals surface area (Å²) in [7, 11) is 0. The van der Waals surface area contributed by atoms with Crippen molar-refractivity contribution in [2.24, 2.45) is 5.73 Å². The van der Waals surface area contributed by atoms with Crippen LogP contribution in [0.3, 0.4) is 0 Å². The largest absolute Gasteiger partial charge is 0.325 e. The van der Waals surface area contributed by atoms with Gasteiger partial charge in [0.1, 0.15) is 0 Å². The number of terminal acetylenes is 1. The normalized spacial score (nSPS) is 9.50. The van der Waals surface area contributed by atoms with Gasteiger partial charge < -0.3 is 10.7 Å². The van der Waals surface area contributed by atoms with Crippen molar-refractivity contribution in [2.45, 2.75) is 6.54 Å². The van der Waals surface area contributed by atoms with Crippen molar-refractivity contribution < 1.29 is 0 Å². The Morgan fingerprint density at radius 3 is 2.75 bits per heavy atom. The molecule has 0 saturated carbocycles. The van der Waals surface area contributed by atoms with Crippen LogP contribution in [0.1, 0.15) is 11.3 Å².